The lowest BCUT2D eigenvalue weighted by molar-refractivity contribution is 0.0952. The quantitative estimate of drug-likeness (QED) is 0.850. The molecule has 0 aliphatic rings. The summed E-state index contributed by atoms with van der Waals surface area (Å²) in [6.07, 6.45) is 2.60. The molecule has 1 N–H and O–H groups in total. The van der Waals surface area contributed by atoms with Crippen LogP contribution in [-0.4, -0.2) is 21.6 Å². The number of carbonyl (C=O) groups is 1. The van der Waals surface area contributed by atoms with Crippen molar-refractivity contribution >= 4 is 5.91 Å². The van der Waals surface area contributed by atoms with Gasteiger partial charge in [-0.05, 0) is 32.4 Å². The summed E-state index contributed by atoms with van der Waals surface area (Å²) < 4.78 is 3.64. The van der Waals surface area contributed by atoms with Crippen LogP contribution in [0.2, 0.25) is 0 Å². The third-order valence-corrected chi connectivity index (χ3v) is 3.74. The second-order valence-electron chi connectivity index (χ2n) is 5.19. The summed E-state index contributed by atoms with van der Waals surface area (Å²) in [6.45, 7) is 4.99. The normalized spacial score (nSPS) is 10.6. The molecule has 2 heterocycles. The second-order valence-corrected chi connectivity index (χ2v) is 5.19. The van der Waals surface area contributed by atoms with Crippen LogP contribution in [0.3, 0.4) is 0 Å². The first-order valence-electron chi connectivity index (χ1n) is 7.07. The lowest BCUT2D eigenvalue weighted by Gasteiger charge is -2.10. The molecule has 0 fully saturated rings. The molecule has 2 aromatic rings. The Hall–Kier alpha value is -2.30. The number of nitrogens with one attached hydrogen (secondary N) is 1. The van der Waals surface area contributed by atoms with Gasteiger partial charge < -0.3 is 14.5 Å². The van der Waals surface area contributed by atoms with Gasteiger partial charge in [-0.3, -0.25) is 9.59 Å². The molecule has 0 unspecified atom stereocenters. The Morgan fingerprint density at radius 1 is 1.24 bits per heavy atom. The highest BCUT2D eigenvalue weighted by Crippen LogP contribution is 2.07. The van der Waals surface area contributed by atoms with Crippen LogP contribution in [-0.2, 0) is 13.6 Å². The molecule has 0 saturated heterocycles. The van der Waals surface area contributed by atoms with Gasteiger partial charge in [0.1, 0.15) is 0 Å². The summed E-state index contributed by atoms with van der Waals surface area (Å²) >= 11 is 0. The summed E-state index contributed by atoms with van der Waals surface area (Å²) in [6, 6.07) is 7.04. The monoisotopic (exact) mass is 287 g/mol. The fourth-order valence-corrected chi connectivity index (χ4v) is 2.29. The molecule has 112 valence electrons. The first-order chi connectivity index (χ1) is 10.0. The predicted octanol–water partition coefficient (Wildman–Crippen LogP) is 1.62. The fourth-order valence-electron chi connectivity index (χ4n) is 2.29. The maximum absolute atomic E-state index is 12.0. The van der Waals surface area contributed by atoms with Crippen LogP contribution in [0.25, 0.3) is 0 Å². The number of nitrogens with zero attached hydrogens (tertiary/aromatic N) is 2. The molecule has 0 aliphatic heterocycles. The minimum absolute atomic E-state index is 0.000213. The summed E-state index contributed by atoms with van der Waals surface area (Å²) in [4.78, 5) is 23.7. The van der Waals surface area contributed by atoms with Gasteiger partial charge in [-0.15, -0.1) is 0 Å². The Balaban J connectivity index is 1.87. The SMILES string of the molecule is Cc1c(C(=O)NCCCn2c(C)cccc2=O)ccn1C. The summed E-state index contributed by atoms with van der Waals surface area (Å²) in [5.74, 6) is -0.0646. The molecule has 0 spiro atoms. The van der Waals surface area contributed by atoms with E-state index in [9.17, 15) is 9.59 Å². The number of rotatable bonds is 5. The van der Waals surface area contributed by atoms with E-state index in [0.29, 0.717) is 18.7 Å². The van der Waals surface area contributed by atoms with Crippen LogP contribution in [0.1, 0.15) is 28.2 Å². The van der Waals surface area contributed by atoms with Gasteiger partial charge in [0.25, 0.3) is 11.5 Å². The highest BCUT2D eigenvalue weighted by atomic mass is 16.1. The Labute approximate surface area is 124 Å². The lowest BCUT2D eigenvalue weighted by atomic mass is 10.2. The van der Waals surface area contributed by atoms with Gasteiger partial charge in [0, 0.05) is 43.8 Å². The van der Waals surface area contributed by atoms with Gasteiger partial charge in [-0.1, -0.05) is 6.07 Å². The molecule has 2 aromatic heterocycles. The van der Waals surface area contributed by atoms with E-state index in [-0.39, 0.29) is 11.5 Å². The number of pyridine rings is 1. The average molecular weight is 287 g/mol. The first-order valence-corrected chi connectivity index (χ1v) is 7.07. The maximum atomic E-state index is 12.0. The van der Waals surface area contributed by atoms with Crippen molar-refractivity contribution < 1.29 is 4.79 Å². The van der Waals surface area contributed by atoms with Crippen molar-refractivity contribution in [3.05, 3.63) is 57.8 Å². The number of aryl methyl sites for hydroxylation is 2. The Morgan fingerprint density at radius 3 is 2.62 bits per heavy atom. The molecular weight excluding hydrogens is 266 g/mol. The van der Waals surface area contributed by atoms with Crippen LogP contribution >= 0.6 is 0 Å². The van der Waals surface area contributed by atoms with E-state index in [1.54, 1.807) is 16.7 Å². The minimum Gasteiger partial charge on any atom is -0.354 e. The second kappa shape index (κ2) is 6.43. The third kappa shape index (κ3) is 3.42. The van der Waals surface area contributed by atoms with Crippen molar-refractivity contribution in [3.8, 4) is 0 Å². The van der Waals surface area contributed by atoms with Crippen molar-refractivity contribution in [1.29, 1.82) is 0 Å². The topological polar surface area (TPSA) is 56.0 Å². The van der Waals surface area contributed by atoms with Gasteiger partial charge in [-0.25, -0.2) is 0 Å². The largest absolute Gasteiger partial charge is 0.354 e. The van der Waals surface area contributed by atoms with Crippen molar-refractivity contribution in [3.63, 3.8) is 0 Å². The van der Waals surface area contributed by atoms with E-state index < -0.39 is 0 Å². The van der Waals surface area contributed by atoms with Gasteiger partial charge in [-0.2, -0.15) is 0 Å². The maximum Gasteiger partial charge on any atom is 0.253 e. The van der Waals surface area contributed by atoms with Crippen molar-refractivity contribution in [1.82, 2.24) is 14.5 Å². The molecule has 0 aromatic carbocycles. The molecule has 0 aliphatic carbocycles. The van der Waals surface area contributed by atoms with E-state index in [1.165, 1.54) is 0 Å². The van der Waals surface area contributed by atoms with E-state index in [2.05, 4.69) is 5.32 Å². The Kier molecular flexibility index (Phi) is 4.62. The molecule has 1 amide bonds. The van der Waals surface area contributed by atoms with Crippen LogP contribution in [0.5, 0.6) is 0 Å². The molecular formula is C16H21N3O2. The lowest BCUT2D eigenvalue weighted by Crippen LogP contribution is -2.27. The number of hydrogen-bond acceptors (Lipinski definition) is 2. The van der Waals surface area contributed by atoms with Crippen LogP contribution in [0.15, 0.2) is 35.3 Å². The Morgan fingerprint density at radius 2 is 2.00 bits per heavy atom. The van der Waals surface area contributed by atoms with Crippen LogP contribution in [0, 0.1) is 13.8 Å². The fraction of sp³-hybridized carbons (Fsp3) is 0.375. The first kappa shape index (κ1) is 15.1. The van der Waals surface area contributed by atoms with Gasteiger partial charge in [0.15, 0.2) is 0 Å². The van der Waals surface area contributed by atoms with E-state index in [0.717, 1.165) is 17.8 Å². The summed E-state index contributed by atoms with van der Waals surface area (Å²) in [5, 5.41) is 2.89. The molecule has 0 bridgehead atoms. The molecule has 0 atom stereocenters. The standard InChI is InChI=1S/C16H21N3O2/c1-12-6-4-7-15(20)19(12)10-5-9-17-16(21)14-8-11-18(3)13(14)2/h4,6-8,11H,5,9-10H2,1-3H3,(H,17,21). The summed E-state index contributed by atoms with van der Waals surface area (Å²) in [5.41, 5.74) is 2.58. The number of aromatic nitrogens is 2. The van der Waals surface area contributed by atoms with Crippen molar-refractivity contribution in [2.75, 3.05) is 6.54 Å². The molecule has 0 saturated carbocycles. The van der Waals surface area contributed by atoms with Gasteiger partial charge >= 0.3 is 0 Å². The van der Waals surface area contributed by atoms with E-state index in [4.69, 9.17) is 0 Å². The number of hydrogen-bond donors (Lipinski definition) is 1. The van der Waals surface area contributed by atoms with Crippen molar-refractivity contribution in [2.24, 2.45) is 7.05 Å². The number of amides is 1. The molecule has 21 heavy (non-hydrogen) atoms. The van der Waals surface area contributed by atoms with Crippen LogP contribution < -0.4 is 10.9 Å². The van der Waals surface area contributed by atoms with Gasteiger partial charge in [0.05, 0.1) is 5.56 Å². The van der Waals surface area contributed by atoms with Gasteiger partial charge in [0.2, 0.25) is 0 Å². The molecule has 5 heteroatoms. The highest BCUT2D eigenvalue weighted by Gasteiger charge is 2.10. The molecule has 2 rings (SSSR count). The zero-order valence-electron chi connectivity index (χ0n) is 12.7. The van der Waals surface area contributed by atoms with E-state index in [1.807, 2.05) is 43.8 Å². The number of carbonyl (C=O) groups excluding carboxylic acids is 1. The van der Waals surface area contributed by atoms with Crippen LogP contribution in [0.4, 0.5) is 0 Å². The average Bonchev–Trinajstić information content (AvgIpc) is 2.77. The minimum atomic E-state index is -0.0646. The zero-order chi connectivity index (χ0) is 15.4. The zero-order valence-corrected chi connectivity index (χ0v) is 12.7. The van der Waals surface area contributed by atoms with Crippen molar-refractivity contribution in [2.45, 2.75) is 26.8 Å². The van der Waals surface area contributed by atoms with E-state index >= 15 is 0 Å². The smallest absolute Gasteiger partial charge is 0.253 e. The highest BCUT2D eigenvalue weighted by molar-refractivity contribution is 5.95. The summed E-state index contributed by atoms with van der Waals surface area (Å²) in [7, 11) is 1.91. The predicted molar refractivity (Wildman–Crippen MR) is 82.5 cm³/mol. The third-order valence-electron chi connectivity index (χ3n) is 3.74. The molecule has 5 nitrogen and oxygen atoms in total. The Bertz CT molecular complexity index is 698. The molecule has 0 radical (unpaired) electrons.